The Morgan fingerprint density at radius 2 is 1.76 bits per heavy atom. The summed E-state index contributed by atoms with van der Waals surface area (Å²) in [5.41, 5.74) is 0.969. The summed E-state index contributed by atoms with van der Waals surface area (Å²) in [5.74, 6) is 0.221. The van der Waals surface area contributed by atoms with Gasteiger partial charge in [-0.25, -0.2) is 0 Å². The lowest BCUT2D eigenvalue weighted by atomic mass is 10.1. The third-order valence-electron chi connectivity index (χ3n) is 2.05. The molecule has 1 aromatic rings. The van der Waals surface area contributed by atoms with Gasteiger partial charge in [-0.1, -0.05) is 36.6 Å². The summed E-state index contributed by atoms with van der Waals surface area (Å²) in [6.45, 7) is 0.536. The van der Waals surface area contributed by atoms with E-state index in [0.29, 0.717) is 15.2 Å². The number of hydrogen-bond acceptors (Lipinski definition) is 3. The van der Waals surface area contributed by atoms with E-state index in [-0.39, 0.29) is 11.8 Å². The molecule has 3 N–H and O–H groups in total. The van der Waals surface area contributed by atoms with Crippen LogP contribution in [-0.2, 0) is 0 Å². The molecule has 0 spiro atoms. The fourth-order valence-corrected chi connectivity index (χ4v) is 1.77. The van der Waals surface area contributed by atoms with Crippen molar-refractivity contribution in [3.63, 3.8) is 0 Å². The minimum Gasteiger partial charge on any atom is -0.508 e. The van der Waals surface area contributed by atoms with Gasteiger partial charge >= 0.3 is 0 Å². The summed E-state index contributed by atoms with van der Waals surface area (Å²) in [6, 6.07) is 6.77. The lowest BCUT2D eigenvalue weighted by molar-refractivity contribution is 0.474. The quantitative estimate of drug-likeness (QED) is 0.435. The number of thiol groups is 2. The molecule has 0 heterocycles. The molecule has 1 aromatic carbocycles. The van der Waals surface area contributed by atoms with E-state index in [4.69, 9.17) is 24.4 Å². The van der Waals surface area contributed by atoms with E-state index in [9.17, 15) is 5.11 Å². The van der Waals surface area contributed by atoms with Crippen LogP contribution < -0.4 is 10.6 Å². The fraction of sp³-hybridized carbons (Fsp3) is 0.200. The first kappa shape index (κ1) is 14.6. The molecular weight excluding hydrogens is 292 g/mol. The zero-order valence-electron chi connectivity index (χ0n) is 8.75. The number of rotatable bonds is 4. The zero-order valence-corrected chi connectivity index (χ0v) is 12.2. The standard InChI is InChI=1S/C10H12N2OS4/c13-7-3-1-6(2-4-7)8(12-10(16)17)5-11-9(14)15/h1-4,8,13H,5H2,(H2,11,14,15)(H2,12,16,17). The Morgan fingerprint density at radius 3 is 2.24 bits per heavy atom. The fourth-order valence-electron chi connectivity index (χ4n) is 1.30. The molecule has 0 aliphatic carbocycles. The highest BCUT2D eigenvalue weighted by molar-refractivity contribution is 8.11. The third-order valence-corrected chi connectivity index (χ3v) is 2.60. The Morgan fingerprint density at radius 1 is 1.18 bits per heavy atom. The molecule has 1 unspecified atom stereocenters. The average molecular weight is 304 g/mol. The van der Waals surface area contributed by atoms with Crippen molar-refractivity contribution in [1.29, 1.82) is 0 Å². The smallest absolute Gasteiger partial charge is 0.131 e. The van der Waals surface area contributed by atoms with Crippen LogP contribution in [0.4, 0.5) is 0 Å². The summed E-state index contributed by atoms with van der Waals surface area (Å²) in [4.78, 5) is 0. The molecule has 0 saturated carbocycles. The van der Waals surface area contributed by atoms with Gasteiger partial charge < -0.3 is 15.7 Å². The van der Waals surface area contributed by atoms with Gasteiger partial charge in [-0.2, -0.15) is 0 Å². The Hall–Kier alpha value is -0.500. The van der Waals surface area contributed by atoms with Gasteiger partial charge in [-0.05, 0) is 17.7 Å². The predicted molar refractivity (Wildman–Crippen MR) is 85.2 cm³/mol. The second kappa shape index (κ2) is 7.05. The van der Waals surface area contributed by atoms with E-state index >= 15 is 0 Å². The molecule has 0 aliphatic rings. The van der Waals surface area contributed by atoms with Crippen LogP contribution in [0.25, 0.3) is 0 Å². The molecule has 0 saturated heterocycles. The van der Waals surface area contributed by atoms with E-state index < -0.39 is 0 Å². The summed E-state index contributed by atoms with van der Waals surface area (Å²) >= 11 is 17.8. The minimum absolute atomic E-state index is 0.0781. The molecule has 7 heteroatoms. The summed E-state index contributed by atoms with van der Waals surface area (Å²) in [6.07, 6.45) is 0. The Balaban J connectivity index is 2.77. The Bertz CT molecular complexity index is 407. The number of thiocarbonyl (C=S) groups is 2. The van der Waals surface area contributed by atoms with Crippen LogP contribution in [-0.4, -0.2) is 20.3 Å². The number of nitrogens with one attached hydrogen (secondary N) is 2. The van der Waals surface area contributed by atoms with Crippen LogP contribution in [0.15, 0.2) is 24.3 Å². The minimum atomic E-state index is -0.0781. The molecule has 0 radical (unpaired) electrons. The van der Waals surface area contributed by atoms with Gasteiger partial charge in [0.2, 0.25) is 0 Å². The maximum atomic E-state index is 9.23. The number of phenols is 1. The van der Waals surface area contributed by atoms with Crippen molar-refractivity contribution in [2.75, 3.05) is 6.54 Å². The van der Waals surface area contributed by atoms with Gasteiger partial charge in [-0.3, -0.25) is 0 Å². The third kappa shape index (κ3) is 5.58. The Kier molecular flexibility index (Phi) is 6.04. The van der Waals surface area contributed by atoms with Gasteiger partial charge in [0.25, 0.3) is 0 Å². The van der Waals surface area contributed by atoms with E-state index in [1.54, 1.807) is 12.1 Å². The highest BCUT2D eigenvalue weighted by atomic mass is 32.1. The molecule has 0 aliphatic heterocycles. The first-order valence-electron chi connectivity index (χ1n) is 4.74. The maximum Gasteiger partial charge on any atom is 0.131 e. The molecule has 0 aromatic heterocycles. The van der Waals surface area contributed by atoms with Crippen molar-refractivity contribution in [1.82, 2.24) is 10.6 Å². The van der Waals surface area contributed by atoms with Crippen LogP contribution in [0, 0.1) is 0 Å². The molecule has 3 nitrogen and oxygen atoms in total. The maximum absolute atomic E-state index is 9.23. The molecule has 0 bridgehead atoms. The highest BCUT2D eigenvalue weighted by Crippen LogP contribution is 2.17. The molecule has 17 heavy (non-hydrogen) atoms. The first-order valence-corrected chi connectivity index (χ1v) is 6.45. The topological polar surface area (TPSA) is 44.3 Å². The first-order chi connectivity index (χ1) is 7.99. The lowest BCUT2D eigenvalue weighted by Gasteiger charge is -2.19. The van der Waals surface area contributed by atoms with Crippen LogP contribution in [0.5, 0.6) is 5.75 Å². The van der Waals surface area contributed by atoms with Crippen molar-refractivity contribution >= 4 is 58.3 Å². The zero-order chi connectivity index (χ0) is 12.8. The number of hydrogen-bond donors (Lipinski definition) is 5. The monoisotopic (exact) mass is 304 g/mol. The van der Waals surface area contributed by atoms with Crippen molar-refractivity contribution in [3.05, 3.63) is 29.8 Å². The van der Waals surface area contributed by atoms with Crippen LogP contribution in [0.1, 0.15) is 11.6 Å². The largest absolute Gasteiger partial charge is 0.508 e. The van der Waals surface area contributed by atoms with Gasteiger partial charge in [-0.15, -0.1) is 25.3 Å². The summed E-state index contributed by atoms with van der Waals surface area (Å²) < 4.78 is 0.815. The Labute approximate surface area is 122 Å². The average Bonchev–Trinajstić information content (AvgIpc) is 2.25. The lowest BCUT2D eigenvalue weighted by Crippen LogP contribution is -2.33. The van der Waals surface area contributed by atoms with E-state index in [0.717, 1.165) is 5.56 Å². The molecule has 1 rings (SSSR count). The normalized spacial score (nSPS) is 11.6. The van der Waals surface area contributed by atoms with Gasteiger partial charge in [0.05, 0.1) is 6.04 Å². The van der Waals surface area contributed by atoms with E-state index in [1.807, 2.05) is 12.1 Å². The second-order valence-corrected chi connectivity index (χ2v) is 5.60. The van der Waals surface area contributed by atoms with Crippen molar-refractivity contribution in [2.45, 2.75) is 6.04 Å². The van der Waals surface area contributed by atoms with Crippen molar-refractivity contribution in [2.24, 2.45) is 0 Å². The molecule has 0 amide bonds. The highest BCUT2D eigenvalue weighted by Gasteiger charge is 2.11. The van der Waals surface area contributed by atoms with E-state index in [2.05, 4.69) is 35.9 Å². The number of benzene rings is 1. The number of aromatic hydroxyl groups is 1. The van der Waals surface area contributed by atoms with Crippen molar-refractivity contribution < 1.29 is 5.11 Å². The van der Waals surface area contributed by atoms with Gasteiger partial charge in [0.1, 0.15) is 14.4 Å². The van der Waals surface area contributed by atoms with Gasteiger partial charge in [0.15, 0.2) is 0 Å². The van der Waals surface area contributed by atoms with Crippen LogP contribution in [0.3, 0.4) is 0 Å². The van der Waals surface area contributed by atoms with E-state index in [1.165, 1.54) is 0 Å². The molecular formula is C10H12N2OS4. The van der Waals surface area contributed by atoms with Crippen LogP contribution >= 0.6 is 49.7 Å². The SMILES string of the molecule is Oc1ccc(C(CNC(=S)S)NC(=S)S)cc1. The van der Waals surface area contributed by atoms with Crippen molar-refractivity contribution in [3.8, 4) is 5.75 Å². The number of phenolic OH excluding ortho intramolecular Hbond substituents is 1. The second-order valence-electron chi connectivity index (χ2n) is 3.28. The molecule has 92 valence electrons. The predicted octanol–water partition coefficient (Wildman–Crippen LogP) is 2.04. The molecule has 0 fully saturated rings. The van der Waals surface area contributed by atoms with Gasteiger partial charge in [0, 0.05) is 6.54 Å². The summed E-state index contributed by atoms with van der Waals surface area (Å²) in [5, 5.41) is 15.2. The van der Waals surface area contributed by atoms with Crippen LogP contribution in [0.2, 0.25) is 0 Å². The molecule has 1 atom stereocenters. The summed E-state index contributed by atoms with van der Waals surface area (Å²) in [7, 11) is 0.